The molecule has 0 fully saturated rings. The molecule has 21 heavy (non-hydrogen) atoms. The minimum atomic E-state index is 0.451. The summed E-state index contributed by atoms with van der Waals surface area (Å²) >= 11 is 2.30. The second-order valence-electron chi connectivity index (χ2n) is 4.92. The number of nitrogens with one attached hydrogen (secondary N) is 1. The summed E-state index contributed by atoms with van der Waals surface area (Å²) in [5.41, 5.74) is 3.36. The molecule has 0 aliphatic heterocycles. The van der Waals surface area contributed by atoms with Crippen molar-refractivity contribution in [1.82, 2.24) is 0 Å². The van der Waals surface area contributed by atoms with E-state index in [1.54, 1.807) is 0 Å². The van der Waals surface area contributed by atoms with Crippen molar-refractivity contribution in [2.24, 2.45) is 0 Å². The number of benzene rings is 2. The maximum Gasteiger partial charge on any atom is 0.202 e. The number of guanidine groups is 1. The minimum absolute atomic E-state index is 0.451. The zero-order valence-electron chi connectivity index (χ0n) is 12.6. The molecule has 0 bridgehead atoms. The third-order valence-electron chi connectivity index (χ3n) is 3.56. The van der Waals surface area contributed by atoms with Crippen LogP contribution in [0.1, 0.15) is 12.5 Å². The zero-order chi connectivity index (χ0) is 15.4. The molecule has 0 heterocycles. The Morgan fingerprint density at radius 2 is 1.76 bits per heavy atom. The van der Waals surface area contributed by atoms with Gasteiger partial charge in [-0.05, 0) is 58.8 Å². The van der Waals surface area contributed by atoms with E-state index in [2.05, 4.69) is 47.7 Å². The number of hydrogen-bond acceptors (Lipinski definition) is 1. The molecule has 0 aliphatic rings. The lowest BCUT2D eigenvalue weighted by atomic mass is 10.1. The van der Waals surface area contributed by atoms with Crippen LogP contribution in [0.25, 0.3) is 0 Å². The molecule has 0 saturated carbocycles. The number of para-hydroxylation sites is 1. The Morgan fingerprint density at radius 1 is 1.05 bits per heavy atom. The van der Waals surface area contributed by atoms with Crippen LogP contribution < -0.4 is 9.80 Å². The van der Waals surface area contributed by atoms with Gasteiger partial charge in [0.25, 0.3) is 0 Å². The lowest BCUT2D eigenvalue weighted by molar-refractivity contribution is 1.10. The molecule has 3 nitrogen and oxygen atoms in total. The highest BCUT2D eigenvalue weighted by Gasteiger charge is 2.15. The number of halogens is 1. The van der Waals surface area contributed by atoms with Gasteiger partial charge < -0.3 is 9.80 Å². The Labute approximate surface area is 140 Å². The van der Waals surface area contributed by atoms with E-state index in [-0.39, 0.29) is 0 Å². The van der Waals surface area contributed by atoms with E-state index in [0.717, 1.165) is 21.4 Å². The highest BCUT2D eigenvalue weighted by Crippen LogP contribution is 2.23. The second kappa shape index (κ2) is 6.93. The van der Waals surface area contributed by atoms with Crippen LogP contribution in [0.3, 0.4) is 0 Å². The average Bonchev–Trinajstić information content (AvgIpc) is 2.53. The summed E-state index contributed by atoms with van der Waals surface area (Å²) in [4.78, 5) is 3.81. The maximum atomic E-state index is 8.45. The maximum absolute atomic E-state index is 8.45. The van der Waals surface area contributed by atoms with Gasteiger partial charge in [0.15, 0.2) is 0 Å². The Kier molecular flexibility index (Phi) is 5.22. The van der Waals surface area contributed by atoms with Gasteiger partial charge >= 0.3 is 0 Å². The van der Waals surface area contributed by atoms with Crippen molar-refractivity contribution < 1.29 is 0 Å². The monoisotopic (exact) mass is 393 g/mol. The lowest BCUT2D eigenvalue weighted by Gasteiger charge is -2.29. The summed E-state index contributed by atoms with van der Waals surface area (Å²) in [5.74, 6) is 0.451. The van der Waals surface area contributed by atoms with Crippen molar-refractivity contribution in [3.63, 3.8) is 0 Å². The fourth-order valence-electron chi connectivity index (χ4n) is 2.17. The first kappa shape index (κ1) is 15.8. The van der Waals surface area contributed by atoms with E-state index in [4.69, 9.17) is 5.41 Å². The third kappa shape index (κ3) is 3.56. The molecule has 0 spiro atoms. The molecule has 1 N–H and O–H groups in total. The summed E-state index contributed by atoms with van der Waals surface area (Å²) in [6, 6.07) is 16.4. The smallest absolute Gasteiger partial charge is 0.202 e. The summed E-state index contributed by atoms with van der Waals surface area (Å²) in [7, 11) is 3.86. The molecule has 0 unspecified atom stereocenters. The van der Waals surface area contributed by atoms with Crippen molar-refractivity contribution in [3.05, 3.63) is 57.7 Å². The van der Waals surface area contributed by atoms with E-state index >= 15 is 0 Å². The largest absolute Gasteiger partial charge is 0.316 e. The van der Waals surface area contributed by atoms with Gasteiger partial charge in [0.2, 0.25) is 5.96 Å². The molecule has 0 atom stereocenters. The number of aryl methyl sites for hydroxylation is 1. The van der Waals surface area contributed by atoms with E-state index in [1.807, 2.05) is 54.2 Å². The van der Waals surface area contributed by atoms with Crippen LogP contribution in [0.15, 0.2) is 48.5 Å². The molecular formula is C17H20IN3. The zero-order valence-corrected chi connectivity index (χ0v) is 14.8. The summed E-state index contributed by atoms with van der Waals surface area (Å²) in [6.45, 7) is 2.14. The van der Waals surface area contributed by atoms with Crippen LogP contribution in [-0.4, -0.2) is 20.1 Å². The van der Waals surface area contributed by atoms with Gasteiger partial charge in [-0.2, -0.15) is 0 Å². The van der Waals surface area contributed by atoms with Crippen molar-refractivity contribution in [2.75, 3.05) is 23.9 Å². The number of nitrogens with zero attached hydrogens (tertiary/aromatic N) is 2. The summed E-state index contributed by atoms with van der Waals surface area (Å²) < 4.78 is 1.14. The van der Waals surface area contributed by atoms with E-state index in [1.165, 1.54) is 5.56 Å². The van der Waals surface area contributed by atoms with Gasteiger partial charge in [0, 0.05) is 23.4 Å². The number of hydrogen-bond donors (Lipinski definition) is 1. The van der Waals surface area contributed by atoms with Crippen molar-refractivity contribution >= 4 is 39.9 Å². The fraction of sp³-hybridized carbons (Fsp3) is 0.235. The van der Waals surface area contributed by atoms with Crippen LogP contribution in [0, 0.1) is 8.98 Å². The molecule has 0 aliphatic carbocycles. The third-order valence-corrected chi connectivity index (χ3v) is 4.47. The van der Waals surface area contributed by atoms with E-state index in [9.17, 15) is 0 Å². The van der Waals surface area contributed by atoms with Gasteiger partial charge in [-0.25, -0.2) is 0 Å². The molecule has 4 heteroatoms. The first-order chi connectivity index (χ1) is 10.0. The summed E-state index contributed by atoms with van der Waals surface area (Å²) in [5, 5.41) is 8.45. The van der Waals surface area contributed by atoms with Crippen LogP contribution in [-0.2, 0) is 6.42 Å². The molecule has 110 valence electrons. The van der Waals surface area contributed by atoms with Crippen LogP contribution in [0.4, 0.5) is 11.4 Å². The quantitative estimate of drug-likeness (QED) is 0.477. The van der Waals surface area contributed by atoms with Crippen molar-refractivity contribution in [1.29, 1.82) is 5.41 Å². The predicted molar refractivity (Wildman–Crippen MR) is 99.5 cm³/mol. The normalized spacial score (nSPS) is 10.3. The molecule has 2 aromatic carbocycles. The molecule has 2 aromatic rings. The first-order valence-electron chi connectivity index (χ1n) is 6.94. The van der Waals surface area contributed by atoms with Crippen LogP contribution in [0.2, 0.25) is 0 Å². The Hall–Kier alpha value is -1.56. The molecule has 0 saturated heterocycles. The topological polar surface area (TPSA) is 30.3 Å². The number of rotatable bonds is 3. The molecular weight excluding hydrogens is 373 g/mol. The van der Waals surface area contributed by atoms with Crippen LogP contribution in [0.5, 0.6) is 0 Å². The van der Waals surface area contributed by atoms with Gasteiger partial charge in [0.1, 0.15) is 0 Å². The number of anilines is 2. The standard InChI is InChI=1S/C17H20IN3/c1-4-13-8-7-9-14(12-13)20(2)17(19)21(3)16-11-6-5-10-15(16)18/h5-12,19H,4H2,1-3H3. The molecule has 0 aromatic heterocycles. The predicted octanol–water partition coefficient (Wildman–Crippen LogP) is 4.36. The van der Waals surface area contributed by atoms with Gasteiger partial charge in [-0.1, -0.05) is 31.2 Å². The Bertz CT molecular complexity index is 639. The highest BCUT2D eigenvalue weighted by atomic mass is 127. The fourth-order valence-corrected chi connectivity index (χ4v) is 2.92. The van der Waals surface area contributed by atoms with E-state index < -0.39 is 0 Å². The van der Waals surface area contributed by atoms with Gasteiger partial charge in [-0.15, -0.1) is 0 Å². The molecule has 2 rings (SSSR count). The Morgan fingerprint density at radius 3 is 2.43 bits per heavy atom. The second-order valence-corrected chi connectivity index (χ2v) is 6.08. The van der Waals surface area contributed by atoms with Gasteiger partial charge in [-0.3, -0.25) is 5.41 Å². The SMILES string of the molecule is CCc1cccc(N(C)C(=N)N(C)c2ccccc2I)c1. The lowest BCUT2D eigenvalue weighted by Crippen LogP contribution is -2.40. The first-order valence-corrected chi connectivity index (χ1v) is 8.02. The van der Waals surface area contributed by atoms with Gasteiger partial charge in [0.05, 0.1) is 5.69 Å². The summed E-state index contributed by atoms with van der Waals surface area (Å²) in [6.07, 6.45) is 1.00. The van der Waals surface area contributed by atoms with Crippen molar-refractivity contribution in [3.8, 4) is 0 Å². The highest BCUT2D eigenvalue weighted by molar-refractivity contribution is 14.1. The molecule has 0 amide bonds. The minimum Gasteiger partial charge on any atom is -0.316 e. The van der Waals surface area contributed by atoms with Crippen molar-refractivity contribution in [2.45, 2.75) is 13.3 Å². The molecule has 0 radical (unpaired) electrons. The van der Waals surface area contributed by atoms with Crippen LogP contribution >= 0.6 is 22.6 Å². The van der Waals surface area contributed by atoms with E-state index in [0.29, 0.717) is 5.96 Å². The Balaban J connectivity index is 2.24. The average molecular weight is 393 g/mol.